The van der Waals surface area contributed by atoms with Crippen LogP contribution in [0.4, 0.5) is 0 Å². The minimum absolute atomic E-state index is 0.0645. The lowest BCUT2D eigenvalue weighted by atomic mass is 9.49. The molecule has 0 radical (unpaired) electrons. The quantitative estimate of drug-likeness (QED) is 0.668. The van der Waals surface area contributed by atoms with Crippen molar-refractivity contribution in [3.8, 4) is 0 Å². The molecule has 124 valence electrons. The molecule has 0 amide bonds. The molecule has 0 bridgehead atoms. The van der Waals surface area contributed by atoms with Gasteiger partial charge in [-0.1, -0.05) is 31.6 Å². The molecule has 0 N–H and O–H groups in total. The van der Waals surface area contributed by atoms with Crippen LogP contribution in [0.3, 0.4) is 0 Å². The van der Waals surface area contributed by atoms with E-state index in [-0.39, 0.29) is 16.7 Å². The Hall–Kier alpha value is -1.18. The Morgan fingerprint density at radius 3 is 2.70 bits per heavy atom. The average molecular weight is 312 g/mol. The van der Waals surface area contributed by atoms with Crippen LogP contribution in [0.1, 0.15) is 59.3 Å². The van der Waals surface area contributed by atoms with Crippen molar-refractivity contribution in [2.45, 2.75) is 59.3 Å². The fourth-order valence-corrected chi connectivity index (χ4v) is 6.59. The maximum atomic E-state index is 12.1. The molecule has 0 aromatic rings. The van der Waals surface area contributed by atoms with Crippen LogP contribution < -0.4 is 0 Å². The van der Waals surface area contributed by atoms with Gasteiger partial charge in [-0.05, 0) is 73.7 Å². The minimum atomic E-state index is 0.0645. The zero-order valence-corrected chi connectivity index (χ0v) is 14.6. The molecule has 0 aliphatic heterocycles. The van der Waals surface area contributed by atoms with E-state index >= 15 is 0 Å². The van der Waals surface area contributed by atoms with Crippen LogP contribution in [-0.2, 0) is 9.59 Å². The fraction of sp³-hybridized carbons (Fsp3) is 0.714. The van der Waals surface area contributed by atoms with E-state index < -0.39 is 0 Å². The molecule has 2 fully saturated rings. The van der Waals surface area contributed by atoms with Crippen molar-refractivity contribution >= 4 is 11.6 Å². The molecule has 4 aliphatic rings. The number of fused-ring (bicyclic) bond motifs is 5. The molecule has 0 heterocycles. The highest BCUT2D eigenvalue weighted by atomic mass is 16.1. The predicted octanol–water partition coefficient (Wildman–Crippen LogP) is 4.50. The monoisotopic (exact) mass is 312 g/mol. The van der Waals surface area contributed by atoms with E-state index in [9.17, 15) is 9.59 Å². The summed E-state index contributed by atoms with van der Waals surface area (Å²) in [6.07, 6.45) is 13.0. The second-order valence-electron chi connectivity index (χ2n) is 8.85. The first-order valence-electron chi connectivity index (χ1n) is 9.30. The number of hydrogen-bond acceptors (Lipinski definition) is 2. The lowest BCUT2D eigenvalue weighted by Crippen LogP contribution is -2.48. The summed E-state index contributed by atoms with van der Waals surface area (Å²) in [6, 6.07) is 0. The van der Waals surface area contributed by atoms with Gasteiger partial charge in [0.15, 0.2) is 5.78 Å². The molecule has 2 heteroatoms. The van der Waals surface area contributed by atoms with Crippen LogP contribution in [0.5, 0.6) is 0 Å². The van der Waals surface area contributed by atoms with Crippen LogP contribution in [0.25, 0.3) is 0 Å². The van der Waals surface area contributed by atoms with Gasteiger partial charge >= 0.3 is 0 Å². The van der Waals surface area contributed by atoms with Crippen molar-refractivity contribution in [1.82, 2.24) is 0 Å². The fourth-order valence-electron chi connectivity index (χ4n) is 6.59. The van der Waals surface area contributed by atoms with Gasteiger partial charge in [0.1, 0.15) is 5.78 Å². The average Bonchev–Trinajstić information content (AvgIpc) is 2.85. The van der Waals surface area contributed by atoms with Crippen LogP contribution in [0.2, 0.25) is 0 Å². The first-order valence-corrected chi connectivity index (χ1v) is 9.30. The number of carbonyl (C=O) groups is 2. The molecule has 0 aromatic heterocycles. The Labute approximate surface area is 139 Å². The van der Waals surface area contributed by atoms with Gasteiger partial charge in [0.05, 0.1) is 0 Å². The van der Waals surface area contributed by atoms with E-state index in [1.54, 1.807) is 6.92 Å². The van der Waals surface area contributed by atoms with Crippen LogP contribution >= 0.6 is 0 Å². The number of ketones is 2. The van der Waals surface area contributed by atoms with Gasteiger partial charge in [-0.3, -0.25) is 9.59 Å². The van der Waals surface area contributed by atoms with E-state index in [2.05, 4.69) is 26.0 Å². The van der Waals surface area contributed by atoms with Crippen molar-refractivity contribution < 1.29 is 9.59 Å². The number of allylic oxidation sites excluding steroid dienone is 4. The molecule has 4 rings (SSSR count). The van der Waals surface area contributed by atoms with Crippen molar-refractivity contribution in [1.29, 1.82) is 0 Å². The summed E-state index contributed by atoms with van der Waals surface area (Å²) >= 11 is 0. The Bertz CT molecular complexity index is 628. The molecule has 0 spiro atoms. The summed E-state index contributed by atoms with van der Waals surface area (Å²) < 4.78 is 0. The maximum absolute atomic E-state index is 12.1. The van der Waals surface area contributed by atoms with Gasteiger partial charge in [-0.2, -0.15) is 0 Å². The molecule has 2 nitrogen and oxygen atoms in total. The first kappa shape index (κ1) is 15.4. The summed E-state index contributed by atoms with van der Waals surface area (Å²) in [7, 11) is 0. The number of hydrogen-bond donors (Lipinski definition) is 0. The largest absolute Gasteiger partial charge is 0.300 e. The van der Waals surface area contributed by atoms with E-state index in [1.165, 1.54) is 18.4 Å². The third-order valence-electron chi connectivity index (χ3n) is 7.89. The summed E-state index contributed by atoms with van der Waals surface area (Å²) in [5, 5.41) is 0. The normalized spacial score (nSPS) is 48.3. The molecule has 0 unspecified atom stereocenters. The Morgan fingerprint density at radius 2 is 1.96 bits per heavy atom. The van der Waals surface area contributed by atoms with E-state index in [0.29, 0.717) is 35.7 Å². The maximum Gasteiger partial charge on any atom is 0.155 e. The highest BCUT2D eigenvalue weighted by Gasteiger charge is 2.57. The molecule has 2 saturated carbocycles. The number of carbonyl (C=O) groups excluding carboxylic acids is 2. The van der Waals surface area contributed by atoms with Gasteiger partial charge in [0, 0.05) is 12.3 Å². The summed E-state index contributed by atoms with van der Waals surface area (Å²) in [4.78, 5) is 24.0. The SMILES string of the molecule is CC(=O)[C@@H]1CC[C@@H]2[C@H]3CCC4=CC(=O)CC[C@@]4(C)[C@@H]3C=C[C@]21C. The third kappa shape index (κ3) is 1.99. The Balaban J connectivity index is 1.74. The lowest BCUT2D eigenvalue weighted by Gasteiger charge is -2.55. The minimum Gasteiger partial charge on any atom is -0.300 e. The Kier molecular flexibility index (Phi) is 3.28. The summed E-state index contributed by atoms with van der Waals surface area (Å²) in [5.41, 5.74) is 1.63. The predicted molar refractivity (Wildman–Crippen MR) is 90.8 cm³/mol. The van der Waals surface area contributed by atoms with Crippen LogP contribution in [-0.4, -0.2) is 11.6 Å². The zero-order valence-electron chi connectivity index (χ0n) is 14.6. The molecule has 23 heavy (non-hydrogen) atoms. The van der Waals surface area contributed by atoms with Gasteiger partial charge in [-0.25, -0.2) is 0 Å². The van der Waals surface area contributed by atoms with Crippen molar-refractivity contribution in [2.24, 2.45) is 34.5 Å². The summed E-state index contributed by atoms with van der Waals surface area (Å²) in [6.45, 7) is 6.47. The van der Waals surface area contributed by atoms with Gasteiger partial charge in [0.2, 0.25) is 0 Å². The molecular weight excluding hydrogens is 284 g/mol. The van der Waals surface area contributed by atoms with E-state index in [1.807, 2.05) is 6.08 Å². The third-order valence-corrected chi connectivity index (χ3v) is 7.89. The zero-order chi connectivity index (χ0) is 16.4. The van der Waals surface area contributed by atoms with Crippen molar-refractivity contribution in [2.75, 3.05) is 0 Å². The summed E-state index contributed by atoms with van der Waals surface area (Å²) in [5.74, 6) is 2.77. The molecule has 0 aromatic carbocycles. The van der Waals surface area contributed by atoms with Crippen LogP contribution in [0.15, 0.2) is 23.8 Å². The molecule has 4 aliphatic carbocycles. The second kappa shape index (κ2) is 4.91. The lowest BCUT2D eigenvalue weighted by molar-refractivity contribution is -0.124. The van der Waals surface area contributed by atoms with Crippen molar-refractivity contribution in [3.63, 3.8) is 0 Å². The standard InChI is InChI=1S/C21H28O2/c1-13(22)17-6-7-18-16-5-4-14-12-15(23)8-10-20(14,2)19(16)9-11-21(17,18)3/h9,11-12,16-19H,4-8,10H2,1-3H3/t16-,17+,18-,19-,20-,21+/m1/s1. The van der Waals surface area contributed by atoms with Gasteiger partial charge < -0.3 is 0 Å². The van der Waals surface area contributed by atoms with E-state index in [4.69, 9.17) is 0 Å². The first-order chi connectivity index (χ1) is 10.9. The van der Waals surface area contributed by atoms with E-state index in [0.717, 1.165) is 19.3 Å². The molecular formula is C21H28O2. The highest BCUT2D eigenvalue weighted by Crippen LogP contribution is 2.64. The molecule has 0 saturated heterocycles. The highest BCUT2D eigenvalue weighted by molar-refractivity contribution is 5.91. The van der Waals surface area contributed by atoms with Gasteiger partial charge in [-0.15, -0.1) is 0 Å². The Morgan fingerprint density at radius 1 is 1.17 bits per heavy atom. The van der Waals surface area contributed by atoms with Crippen LogP contribution in [0, 0.1) is 34.5 Å². The van der Waals surface area contributed by atoms with Crippen molar-refractivity contribution in [3.05, 3.63) is 23.8 Å². The number of Topliss-reactive ketones (excluding diaryl/α,β-unsaturated/α-hetero) is 1. The second-order valence-corrected chi connectivity index (χ2v) is 8.85. The topological polar surface area (TPSA) is 34.1 Å². The molecule has 6 atom stereocenters. The van der Waals surface area contributed by atoms with Gasteiger partial charge in [0.25, 0.3) is 0 Å². The number of rotatable bonds is 1. The smallest absolute Gasteiger partial charge is 0.155 e.